The van der Waals surface area contributed by atoms with Gasteiger partial charge in [-0.2, -0.15) is 4.98 Å². The van der Waals surface area contributed by atoms with Crippen LogP contribution in [0.3, 0.4) is 0 Å². The topological polar surface area (TPSA) is 101 Å². The zero-order chi connectivity index (χ0) is 28.3. The van der Waals surface area contributed by atoms with Crippen molar-refractivity contribution in [1.82, 2.24) is 29.2 Å². The van der Waals surface area contributed by atoms with Gasteiger partial charge in [0.15, 0.2) is 11.5 Å². The smallest absolute Gasteiger partial charge is 0.278 e. The van der Waals surface area contributed by atoms with Crippen LogP contribution in [0.1, 0.15) is 60.1 Å². The number of anilines is 2. The molecular weight excluding hydrogens is 514 g/mol. The highest BCUT2D eigenvalue weighted by Crippen LogP contribution is 2.39. The first-order valence-corrected chi connectivity index (χ1v) is 14.5. The van der Waals surface area contributed by atoms with E-state index in [9.17, 15) is 9.90 Å². The molecule has 1 aromatic carbocycles. The van der Waals surface area contributed by atoms with Gasteiger partial charge in [-0.05, 0) is 79.6 Å². The van der Waals surface area contributed by atoms with Crippen LogP contribution in [0, 0.1) is 0 Å². The number of nitrogens with zero attached hydrogens (tertiary/aromatic N) is 6. The molecule has 2 unspecified atom stereocenters. The summed E-state index contributed by atoms with van der Waals surface area (Å²) in [5.74, 6) is 1.37. The standard InChI is InChI=1S/C32H35N7O2/c1-4-14-38-30(40)25-17-33-31(34-24-15-21-8-6-7-9-22-18-37(3)19-23(16-24)27(21)22)36-29(25)39(38)26-11-10-20-12-13-32(41,5-2)28(20)35-26/h4,7,9-11,15-17,22,41H,1,5-6,8,12-14,18-19H2,2-3H3,(H,33,34,36). The van der Waals surface area contributed by atoms with E-state index in [0.717, 1.165) is 43.6 Å². The highest BCUT2D eigenvalue weighted by atomic mass is 16.3. The molecule has 0 bridgehead atoms. The Morgan fingerprint density at radius 3 is 2.88 bits per heavy atom. The molecule has 3 aromatic heterocycles. The van der Waals surface area contributed by atoms with Crippen LogP contribution in [-0.4, -0.2) is 47.9 Å². The van der Waals surface area contributed by atoms with Crippen molar-refractivity contribution in [3.8, 4) is 5.82 Å². The van der Waals surface area contributed by atoms with Gasteiger partial charge in [-0.15, -0.1) is 6.58 Å². The molecule has 0 spiro atoms. The molecule has 2 aliphatic carbocycles. The summed E-state index contributed by atoms with van der Waals surface area (Å²) in [5, 5.41) is 15.0. The van der Waals surface area contributed by atoms with Gasteiger partial charge >= 0.3 is 0 Å². The SMILES string of the molecule is C=CCn1c(=O)c2cnc(Nc3cc4c5c(c3)CN(C)CC5C=CCC4)nc2n1-c1ccc2c(n1)C(O)(CC)CC2. The van der Waals surface area contributed by atoms with Crippen LogP contribution in [0.4, 0.5) is 11.6 Å². The molecule has 41 heavy (non-hydrogen) atoms. The van der Waals surface area contributed by atoms with E-state index in [1.165, 1.54) is 16.7 Å². The van der Waals surface area contributed by atoms with Gasteiger partial charge in [0.05, 0.1) is 12.2 Å². The summed E-state index contributed by atoms with van der Waals surface area (Å²) in [6.45, 7) is 8.05. The molecule has 9 heteroatoms. The summed E-state index contributed by atoms with van der Waals surface area (Å²) in [7, 11) is 2.17. The van der Waals surface area contributed by atoms with Gasteiger partial charge in [-0.3, -0.25) is 4.79 Å². The molecule has 0 fully saturated rings. The monoisotopic (exact) mass is 549 g/mol. The number of aryl methyl sites for hydroxylation is 2. The third-order valence-corrected chi connectivity index (χ3v) is 8.87. The fraction of sp³-hybridized carbons (Fsp3) is 0.375. The van der Waals surface area contributed by atoms with E-state index in [2.05, 4.69) is 53.1 Å². The maximum atomic E-state index is 13.5. The van der Waals surface area contributed by atoms with Gasteiger partial charge in [-0.25, -0.2) is 19.3 Å². The fourth-order valence-corrected chi connectivity index (χ4v) is 6.85. The molecule has 2 atom stereocenters. The van der Waals surface area contributed by atoms with Gasteiger partial charge in [-0.1, -0.05) is 31.2 Å². The summed E-state index contributed by atoms with van der Waals surface area (Å²) >= 11 is 0. The Hall–Kier alpha value is -4.08. The van der Waals surface area contributed by atoms with Crippen molar-refractivity contribution in [3.63, 3.8) is 0 Å². The summed E-state index contributed by atoms with van der Waals surface area (Å²) in [6.07, 6.45) is 12.0. The Morgan fingerprint density at radius 2 is 2.05 bits per heavy atom. The molecule has 3 aliphatic rings. The third-order valence-electron chi connectivity index (χ3n) is 8.87. The lowest BCUT2D eigenvalue weighted by atomic mass is 9.86. The fourth-order valence-electron chi connectivity index (χ4n) is 6.85. The normalized spacial score (nSPS) is 21.5. The second-order valence-corrected chi connectivity index (χ2v) is 11.6. The summed E-state index contributed by atoms with van der Waals surface area (Å²) < 4.78 is 3.30. The van der Waals surface area contributed by atoms with Crippen molar-refractivity contribution in [1.29, 1.82) is 0 Å². The number of nitrogens with one attached hydrogen (secondary N) is 1. The van der Waals surface area contributed by atoms with Gasteiger partial charge in [0.1, 0.15) is 11.0 Å². The van der Waals surface area contributed by atoms with Gasteiger partial charge in [0, 0.05) is 30.9 Å². The average Bonchev–Trinajstić information content (AvgIpc) is 3.34. The average molecular weight is 550 g/mol. The van der Waals surface area contributed by atoms with Gasteiger partial charge in [0.2, 0.25) is 5.95 Å². The number of allylic oxidation sites excluding steroid dienone is 2. The van der Waals surface area contributed by atoms with E-state index in [-0.39, 0.29) is 12.1 Å². The van der Waals surface area contributed by atoms with Crippen molar-refractivity contribution in [2.75, 3.05) is 18.9 Å². The van der Waals surface area contributed by atoms with E-state index >= 15 is 0 Å². The Morgan fingerprint density at radius 1 is 1.20 bits per heavy atom. The second-order valence-electron chi connectivity index (χ2n) is 11.6. The maximum Gasteiger partial charge on any atom is 0.278 e. The van der Waals surface area contributed by atoms with Gasteiger partial charge < -0.3 is 15.3 Å². The van der Waals surface area contributed by atoms with Crippen molar-refractivity contribution in [3.05, 3.63) is 93.6 Å². The maximum absolute atomic E-state index is 13.5. The number of pyridine rings is 1. The number of aromatic nitrogens is 5. The molecule has 0 radical (unpaired) electrons. The summed E-state index contributed by atoms with van der Waals surface area (Å²) in [5.41, 5.74) is 6.11. The Labute approximate surface area is 238 Å². The summed E-state index contributed by atoms with van der Waals surface area (Å²) in [6, 6.07) is 8.33. The third kappa shape index (κ3) is 4.22. The number of hydrogen-bond acceptors (Lipinski definition) is 7. The molecule has 9 nitrogen and oxygen atoms in total. The highest BCUT2D eigenvalue weighted by Gasteiger charge is 2.37. The lowest BCUT2D eigenvalue weighted by molar-refractivity contribution is 0.0306. The predicted molar refractivity (Wildman–Crippen MR) is 160 cm³/mol. The van der Waals surface area contributed by atoms with E-state index in [1.54, 1.807) is 21.6 Å². The molecular formula is C32H35N7O2. The van der Waals surface area contributed by atoms with Crippen LogP contribution in [0.25, 0.3) is 16.9 Å². The van der Waals surface area contributed by atoms with E-state index < -0.39 is 5.60 Å². The van der Waals surface area contributed by atoms with Crippen molar-refractivity contribution < 1.29 is 5.11 Å². The minimum Gasteiger partial charge on any atom is -0.384 e. The Kier molecular flexibility index (Phi) is 6.17. The van der Waals surface area contributed by atoms with Crippen LogP contribution in [0.15, 0.2) is 60.1 Å². The van der Waals surface area contributed by atoms with Gasteiger partial charge in [0.25, 0.3) is 5.56 Å². The van der Waals surface area contributed by atoms with E-state index in [0.29, 0.717) is 47.3 Å². The Bertz CT molecular complexity index is 1790. The van der Waals surface area contributed by atoms with Crippen molar-refractivity contribution >= 4 is 22.7 Å². The zero-order valence-electron chi connectivity index (χ0n) is 23.6. The lowest BCUT2D eigenvalue weighted by Crippen LogP contribution is -2.30. The van der Waals surface area contributed by atoms with Crippen LogP contribution < -0.4 is 10.9 Å². The number of fused-ring (bicyclic) bond motifs is 2. The number of rotatable bonds is 6. The summed E-state index contributed by atoms with van der Waals surface area (Å²) in [4.78, 5) is 30.1. The van der Waals surface area contributed by atoms with Crippen molar-refractivity contribution in [2.45, 2.75) is 63.6 Å². The Balaban J connectivity index is 1.33. The first-order chi connectivity index (χ1) is 19.9. The van der Waals surface area contributed by atoms with Crippen LogP contribution in [0.5, 0.6) is 0 Å². The molecule has 0 amide bonds. The lowest BCUT2D eigenvalue weighted by Gasteiger charge is -2.32. The number of likely N-dealkylation sites (N-methyl/N-ethyl adjacent to an activating group) is 1. The van der Waals surface area contributed by atoms with E-state index in [4.69, 9.17) is 9.97 Å². The molecule has 4 heterocycles. The first-order valence-electron chi connectivity index (χ1n) is 14.5. The molecule has 0 saturated carbocycles. The molecule has 1 aliphatic heterocycles. The minimum absolute atomic E-state index is 0.212. The number of hydrogen-bond donors (Lipinski definition) is 2. The van der Waals surface area contributed by atoms with E-state index in [1.807, 2.05) is 19.1 Å². The zero-order valence-corrected chi connectivity index (χ0v) is 23.6. The molecule has 0 saturated heterocycles. The molecule has 210 valence electrons. The number of aliphatic hydroxyl groups is 1. The largest absolute Gasteiger partial charge is 0.384 e. The van der Waals surface area contributed by atoms with Crippen LogP contribution >= 0.6 is 0 Å². The molecule has 2 N–H and O–H groups in total. The second kappa shape index (κ2) is 9.78. The van der Waals surface area contributed by atoms with Crippen LogP contribution in [0.2, 0.25) is 0 Å². The molecule has 4 aromatic rings. The number of benzene rings is 1. The quantitative estimate of drug-likeness (QED) is 0.342. The van der Waals surface area contributed by atoms with Crippen LogP contribution in [-0.2, 0) is 31.5 Å². The minimum atomic E-state index is -0.965. The molecule has 7 rings (SSSR count). The highest BCUT2D eigenvalue weighted by molar-refractivity contribution is 5.77. The van der Waals surface area contributed by atoms with Crippen molar-refractivity contribution in [2.24, 2.45) is 0 Å². The predicted octanol–water partition coefficient (Wildman–Crippen LogP) is 4.48. The first kappa shape index (κ1) is 25.9.